The molecule has 0 aliphatic carbocycles. The zero-order valence-corrected chi connectivity index (χ0v) is 11.5. The molecule has 1 aromatic rings. The fraction of sp³-hybridized carbons (Fsp3) is 0.438. The Morgan fingerprint density at radius 3 is 2.58 bits per heavy atom. The lowest BCUT2D eigenvalue weighted by Crippen LogP contribution is -2.27. The van der Waals surface area contributed by atoms with E-state index in [-0.39, 0.29) is 23.9 Å². The average Bonchev–Trinajstić information content (AvgIpc) is 2.60. The molecule has 0 fully saturated rings. The van der Waals surface area contributed by atoms with Crippen LogP contribution in [0.2, 0.25) is 0 Å². The summed E-state index contributed by atoms with van der Waals surface area (Å²) in [7, 11) is 0. The van der Waals surface area contributed by atoms with Crippen LogP contribution in [0.1, 0.15) is 36.7 Å². The van der Waals surface area contributed by atoms with Crippen molar-refractivity contribution in [3.8, 4) is 0 Å². The van der Waals surface area contributed by atoms with Crippen LogP contribution in [0.15, 0.2) is 29.8 Å². The number of benzene rings is 1. The molecule has 3 rings (SSSR count). The highest BCUT2D eigenvalue weighted by Gasteiger charge is 2.42. The minimum atomic E-state index is -0.0666. The Kier molecular flexibility index (Phi) is 2.75. The summed E-state index contributed by atoms with van der Waals surface area (Å²) in [5.41, 5.74) is 2.69. The molecule has 0 amide bonds. The Morgan fingerprint density at radius 1 is 1.16 bits per heavy atom. The molecule has 3 heteroatoms. The topological polar surface area (TPSA) is 35.5 Å². The fourth-order valence-electron chi connectivity index (χ4n) is 2.66. The number of ketones is 1. The molecule has 1 unspecified atom stereocenters. The second-order valence-electron chi connectivity index (χ2n) is 5.75. The lowest BCUT2D eigenvalue weighted by atomic mass is 9.80. The number of carbonyl (C=O) groups excluding carboxylic acids is 1. The van der Waals surface area contributed by atoms with E-state index in [9.17, 15) is 4.79 Å². The van der Waals surface area contributed by atoms with E-state index in [1.807, 2.05) is 24.3 Å². The summed E-state index contributed by atoms with van der Waals surface area (Å²) in [5.74, 6) is 0.851. The first kappa shape index (κ1) is 12.4. The molecule has 0 spiro atoms. The second-order valence-corrected chi connectivity index (χ2v) is 5.75. The van der Waals surface area contributed by atoms with E-state index in [4.69, 9.17) is 9.47 Å². The van der Waals surface area contributed by atoms with Gasteiger partial charge in [0.05, 0.1) is 6.61 Å². The van der Waals surface area contributed by atoms with E-state index in [2.05, 4.69) is 20.8 Å². The van der Waals surface area contributed by atoms with Gasteiger partial charge in [0, 0.05) is 22.1 Å². The molecule has 1 aromatic carbocycles. The van der Waals surface area contributed by atoms with Gasteiger partial charge in [-0.25, -0.2) is 0 Å². The lowest BCUT2D eigenvalue weighted by molar-refractivity contribution is 0.0765. The van der Waals surface area contributed by atoms with E-state index in [0.29, 0.717) is 12.2 Å². The van der Waals surface area contributed by atoms with Gasteiger partial charge in [-0.1, -0.05) is 38.1 Å². The maximum absolute atomic E-state index is 12.1. The largest absolute Gasteiger partial charge is 0.489 e. The Balaban J connectivity index is 2.22. The predicted octanol–water partition coefficient (Wildman–Crippen LogP) is 3.06. The molecular formula is C16H18O3. The van der Waals surface area contributed by atoms with Crippen molar-refractivity contribution in [3.05, 3.63) is 41.0 Å². The zero-order chi connectivity index (χ0) is 13.6. The highest BCUT2D eigenvalue weighted by atomic mass is 16.5. The molecular weight excluding hydrogens is 240 g/mol. The quantitative estimate of drug-likeness (QED) is 0.717. The number of carbonyl (C=O) groups is 1. The van der Waals surface area contributed by atoms with Gasteiger partial charge in [0.1, 0.15) is 18.5 Å². The van der Waals surface area contributed by atoms with Gasteiger partial charge in [-0.15, -0.1) is 0 Å². The number of Topliss-reactive ketones (excluding diaryl/α,β-unsaturated/α-hetero) is 1. The summed E-state index contributed by atoms with van der Waals surface area (Å²) >= 11 is 0. The first-order valence-corrected chi connectivity index (χ1v) is 6.62. The van der Waals surface area contributed by atoms with Gasteiger partial charge < -0.3 is 9.47 Å². The maximum atomic E-state index is 12.1. The maximum Gasteiger partial charge on any atom is 0.189 e. The predicted molar refractivity (Wildman–Crippen MR) is 72.8 cm³/mol. The second kappa shape index (κ2) is 4.20. The summed E-state index contributed by atoms with van der Waals surface area (Å²) in [4.78, 5) is 12.1. The van der Waals surface area contributed by atoms with Gasteiger partial charge in [-0.3, -0.25) is 4.79 Å². The van der Waals surface area contributed by atoms with Crippen LogP contribution in [0.3, 0.4) is 0 Å². The number of hydrogen-bond acceptors (Lipinski definition) is 3. The number of rotatable bonds is 0. The van der Waals surface area contributed by atoms with E-state index in [1.165, 1.54) is 0 Å². The zero-order valence-electron chi connectivity index (χ0n) is 11.5. The van der Waals surface area contributed by atoms with Gasteiger partial charge >= 0.3 is 0 Å². The van der Waals surface area contributed by atoms with Crippen LogP contribution < -0.4 is 0 Å². The molecule has 0 saturated carbocycles. The molecule has 0 radical (unpaired) electrons. The molecule has 0 saturated heterocycles. The van der Waals surface area contributed by atoms with Crippen molar-refractivity contribution in [1.29, 1.82) is 0 Å². The SMILES string of the molecule is CC1OC2=C(COCC(=O)c3ccccc32)C1(C)C. The van der Waals surface area contributed by atoms with Crippen LogP contribution in [0, 0.1) is 5.41 Å². The first-order valence-electron chi connectivity index (χ1n) is 6.62. The van der Waals surface area contributed by atoms with E-state index in [1.54, 1.807) is 0 Å². The minimum absolute atomic E-state index is 0.0168. The summed E-state index contributed by atoms with van der Waals surface area (Å²) in [6.07, 6.45) is 0.0855. The van der Waals surface area contributed by atoms with Crippen LogP contribution in [0.4, 0.5) is 0 Å². The number of fused-ring (bicyclic) bond motifs is 2. The van der Waals surface area contributed by atoms with Crippen LogP contribution in [0.25, 0.3) is 5.76 Å². The van der Waals surface area contributed by atoms with Gasteiger partial charge in [0.2, 0.25) is 0 Å². The molecule has 2 aliphatic heterocycles. The molecule has 0 N–H and O–H groups in total. The molecule has 0 bridgehead atoms. The summed E-state index contributed by atoms with van der Waals surface area (Å²) in [6.45, 7) is 6.99. The van der Waals surface area contributed by atoms with E-state index >= 15 is 0 Å². The Labute approximate surface area is 113 Å². The first-order chi connectivity index (χ1) is 9.01. The summed E-state index contributed by atoms with van der Waals surface area (Å²) in [5, 5.41) is 0. The van der Waals surface area contributed by atoms with Gasteiger partial charge in [-0.2, -0.15) is 0 Å². The summed E-state index contributed by atoms with van der Waals surface area (Å²) in [6, 6.07) is 7.62. The van der Waals surface area contributed by atoms with Crippen molar-refractivity contribution in [3.63, 3.8) is 0 Å². The van der Waals surface area contributed by atoms with Gasteiger partial charge in [-0.05, 0) is 6.92 Å². The van der Waals surface area contributed by atoms with Crippen LogP contribution in [-0.2, 0) is 9.47 Å². The lowest BCUT2D eigenvalue weighted by Gasteiger charge is -2.25. The van der Waals surface area contributed by atoms with Gasteiger partial charge in [0.25, 0.3) is 0 Å². The van der Waals surface area contributed by atoms with Crippen molar-refractivity contribution < 1.29 is 14.3 Å². The van der Waals surface area contributed by atoms with E-state index < -0.39 is 0 Å². The third kappa shape index (κ3) is 1.80. The smallest absolute Gasteiger partial charge is 0.189 e. The third-order valence-electron chi connectivity index (χ3n) is 4.31. The van der Waals surface area contributed by atoms with Crippen LogP contribution in [-0.4, -0.2) is 25.1 Å². The minimum Gasteiger partial charge on any atom is -0.489 e. The van der Waals surface area contributed by atoms with Crippen molar-refractivity contribution >= 4 is 11.5 Å². The van der Waals surface area contributed by atoms with Crippen LogP contribution in [0.5, 0.6) is 0 Å². The highest BCUT2D eigenvalue weighted by Crippen LogP contribution is 2.46. The normalized spacial score (nSPS) is 25.2. The highest BCUT2D eigenvalue weighted by molar-refractivity contribution is 6.01. The van der Waals surface area contributed by atoms with Crippen molar-refractivity contribution in [2.45, 2.75) is 26.9 Å². The van der Waals surface area contributed by atoms with Crippen molar-refractivity contribution in [1.82, 2.24) is 0 Å². The molecule has 100 valence electrons. The number of hydrogen-bond donors (Lipinski definition) is 0. The Hall–Kier alpha value is -1.61. The average molecular weight is 258 g/mol. The molecule has 2 heterocycles. The van der Waals surface area contributed by atoms with Crippen molar-refractivity contribution in [2.75, 3.05) is 13.2 Å². The Bertz CT molecular complexity index is 569. The van der Waals surface area contributed by atoms with Crippen molar-refractivity contribution in [2.24, 2.45) is 5.41 Å². The molecule has 1 atom stereocenters. The third-order valence-corrected chi connectivity index (χ3v) is 4.31. The molecule has 2 aliphatic rings. The monoisotopic (exact) mass is 258 g/mol. The Morgan fingerprint density at radius 2 is 1.84 bits per heavy atom. The van der Waals surface area contributed by atoms with Crippen LogP contribution >= 0.6 is 0 Å². The van der Waals surface area contributed by atoms with Gasteiger partial charge in [0.15, 0.2) is 5.78 Å². The van der Waals surface area contributed by atoms with E-state index in [0.717, 1.165) is 16.9 Å². The molecule has 19 heavy (non-hydrogen) atoms. The number of ether oxygens (including phenoxy) is 2. The molecule has 0 aromatic heterocycles. The molecule has 3 nitrogen and oxygen atoms in total. The summed E-state index contributed by atoms with van der Waals surface area (Å²) < 4.78 is 11.6. The fourth-order valence-corrected chi connectivity index (χ4v) is 2.66. The standard InChI is InChI=1S/C16H18O3/c1-10-16(2,3)13-8-18-9-14(17)11-6-4-5-7-12(11)15(13)19-10/h4-7,10H,8-9H2,1-3H3.